The number of rotatable bonds is 2. The Morgan fingerprint density at radius 3 is 2.86 bits per heavy atom. The van der Waals surface area contributed by atoms with Gasteiger partial charge in [-0.05, 0) is 43.2 Å². The van der Waals surface area contributed by atoms with Gasteiger partial charge in [0.15, 0.2) is 0 Å². The van der Waals surface area contributed by atoms with Crippen LogP contribution in [0.15, 0.2) is 18.2 Å². The van der Waals surface area contributed by atoms with Gasteiger partial charge in [-0.15, -0.1) is 0 Å². The second-order valence-corrected chi connectivity index (χ2v) is 6.66. The molecule has 3 rings (SSSR count). The molecule has 1 fully saturated rings. The quantitative estimate of drug-likeness (QED) is 0.879. The predicted octanol–water partition coefficient (Wildman–Crippen LogP) is 2.90. The van der Waals surface area contributed by atoms with Gasteiger partial charge < -0.3 is 16.0 Å². The van der Waals surface area contributed by atoms with E-state index in [1.807, 2.05) is 6.07 Å². The average molecular weight is 287 g/mol. The minimum Gasteiger partial charge on any atom is -0.371 e. The van der Waals surface area contributed by atoms with E-state index in [-0.39, 0.29) is 5.91 Å². The Hall–Kier alpha value is -1.55. The van der Waals surface area contributed by atoms with Crippen molar-refractivity contribution in [1.29, 1.82) is 0 Å². The maximum absolute atomic E-state index is 11.6. The van der Waals surface area contributed by atoms with Crippen LogP contribution in [0.3, 0.4) is 0 Å². The molecule has 1 aromatic rings. The molecule has 1 aromatic carbocycles. The maximum atomic E-state index is 11.6. The third-order valence-corrected chi connectivity index (χ3v) is 4.99. The van der Waals surface area contributed by atoms with E-state index in [1.165, 1.54) is 24.9 Å². The van der Waals surface area contributed by atoms with E-state index in [2.05, 4.69) is 36.2 Å². The van der Waals surface area contributed by atoms with Crippen LogP contribution < -0.4 is 16.0 Å². The summed E-state index contributed by atoms with van der Waals surface area (Å²) in [6.07, 6.45) is 3.81. The summed E-state index contributed by atoms with van der Waals surface area (Å²) in [4.78, 5) is 14.1. The van der Waals surface area contributed by atoms with E-state index < -0.39 is 6.04 Å². The molecule has 0 spiro atoms. The van der Waals surface area contributed by atoms with E-state index in [4.69, 9.17) is 5.73 Å². The van der Waals surface area contributed by atoms with Gasteiger partial charge in [-0.2, -0.15) is 0 Å². The number of hydrogen-bond acceptors (Lipinski definition) is 3. The number of nitrogens with two attached hydrogens (primary N) is 1. The lowest BCUT2D eigenvalue weighted by molar-refractivity contribution is -0.116. The van der Waals surface area contributed by atoms with Gasteiger partial charge in [0.2, 0.25) is 5.91 Å². The Balaban J connectivity index is 1.76. The Morgan fingerprint density at radius 2 is 2.10 bits per heavy atom. The molecular formula is C17H25N3O. The fourth-order valence-corrected chi connectivity index (χ4v) is 3.52. The summed E-state index contributed by atoms with van der Waals surface area (Å²) in [7, 11) is 0. The van der Waals surface area contributed by atoms with Gasteiger partial charge in [-0.1, -0.05) is 19.9 Å². The number of carbonyl (C=O) groups excluding carboxylic acids is 1. The molecule has 2 atom stereocenters. The van der Waals surface area contributed by atoms with Gasteiger partial charge in [0.1, 0.15) is 6.04 Å². The Labute approximate surface area is 126 Å². The van der Waals surface area contributed by atoms with Crippen LogP contribution in [0.2, 0.25) is 0 Å². The molecule has 0 bridgehead atoms. The highest BCUT2D eigenvalue weighted by Crippen LogP contribution is 2.34. The zero-order valence-corrected chi connectivity index (χ0v) is 12.9. The lowest BCUT2D eigenvalue weighted by atomic mass is 9.89. The predicted molar refractivity (Wildman–Crippen MR) is 86.4 cm³/mol. The van der Waals surface area contributed by atoms with Crippen molar-refractivity contribution in [3.05, 3.63) is 23.8 Å². The molecule has 1 amide bonds. The van der Waals surface area contributed by atoms with Crippen molar-refractivity contribution < 1.29 is 4.79 Å². The lowest BCUT2D eigenvalue weighted by Gasteiger charge is -2.24. The number of nitrogens with one attached hydrogen (secondary N) is 1. The Bertz CT molecular complexity index is 541. The molecule has 2 unspecified atom stereocenters. The zero-order chi connectivity index (χ0) is 15.0. The summed E-state index contributed by atoms with van der Waals surface area (Å²) in [5.74, 6) is 1.50. The molecule has 0 aliphatic carbocycles. The van der Waals surface area contributed by atoms with Crippen molar-refractivity contribution in [2.45, 2.75) is 39.2 Å². The van der Waals surface area contributed by atoms with E-state index in [0.29, 0.717) is 0 Å². The first-order valence-electron chi connectivity index (χ1n) is 8.01. The van der Waals surface area contributed by atoms with Crippen molar-refractivity contribution in [1.82, 2.24) is 0 Å². The van der Waals surface area contributed by atoms with E-state index in [1.54, 1.807) is 0 Å². The molecule has 2 aliphatic rings. The highest BCUT2D eigenvalue weighted by Gasteiger charge is 2.28. The molecule has 2 aliphatic heterocycles. The fourth-order valence-electron chi connectivity index (χ4n) is 3.52. The molecule has 0 radical (unpaired) electrons. The molecule has 4 nitrogen and oxygen atoms in total. The molecule has 2 heterocycles. The van der Waals surface area contributed by atoms with Gasteiger partial charge in [-0.3, -0.25) is 4.79 Å². The summed E-state index contributed by atoms with van der Waals surface area (Å²) in [5, 5.41) is 2.88. The van der Waals surface area contributed by atoms with Crippen LogP contribution >= 0.6 is 0 Å². The molecule has 1 saturated heterocycles. The number of carbonyl (C=O) groups is 1. The van der Waals surface area contributed by atoms with Crippen molar-refractivity contribution in [3.8, 4) is 0 Å². The van der Waals surface area contributed by atoms with Gasteiger partial charge in [-0.25, -0.2) is 0 Å². The van der Waals surface area contributed by atoms with E-state index in [9.17, 15) is 4.79 Å². The van der Waals surface area contributed by atoms with Crippen LogP contribution in [0.4, 0.5) is 11.4 Å². The summed E-state index contributed by atoms with van der Waals surface area (Å²) >= 11 is 0. The second-order valence-electron chi connectivity index (χ2n) is 6.66. The number of fused-ring (bicyclic) bond motifs is 1. The van der Waals surface area contributed by atoms with Gasteiger partial charge >= 0.3 is 0 Å². The third kappa shape index (κ3) is 2.77. The summed E-state index contributed by atoms with van der Waals surface area (Å²) < 4.78 is 0. The van der Waals surface area contributed by atoms with Crippen LogP contribution in [0.5, 0.6) is 0 Å². The summed E-state index contributed by atoms with van der Waals surface area (Å²) in [6, 6.07) is 5.67. The van der Waals surface area contributed by atoms with Gasteiger partial charge in [0.05, 0.1) is 0 Å². The summed E-state index contributed by atoms with van der Waals surface area (Å²) in [5.41, 5.74) is 8.87. The van der Waals surface area contributed by atoms with Crippen LogP contribution in [-0.2, 0) is 4.79 Å². The highest BCUT2D eigenvalue weighted by atomic mass is 16.2. The topological polar surface area (TPSA) is 58.4 Å². The molecule has 114 valence electrons. The van der Waals surface area contributed by atoms with Crippen molar-refractivity contribution in [2.75, 3.05) is 23.3 Å². The van der Waals surface area contributed by atoms with Crippen molar-refractivity contribution in [3.63, 3.8) is 0 Å². The van der Waals surface area contributed by atoms with Gasteiger partial charge in [0, 0.05) is 30.0 Å². The van der Waals surface area contributed by atoms with Crippen LogP contribution in [0.25, 0.3) is 0 Å². The summed E-state index contributed by atoms with van der Waals surface area (Å²) in [6.45, 7) is 6.85. The maximum Gasteiger partial charge on any atom is 0.245 e. The SMILES string of the molecule is CC(C)C1CCCN(c2ccc3c(c2)NC(=O)C3N)CC1. The largest absolute Gasteiger partial charge is 0.371 e. The standard InChI is InChI=1S/C17H25N3O/c1-11(2)12-4-3-8-20(9-7-12)13-5-6-14-15(10-13)19-17(21)16(14)18/h5-6,10-12,16H,3-4,7-9,18H2,1-2H3,(H,19,21). The molecule has 3 N–H and O–H groups in total. The first-order valence-corrected chi connectivity index (χ1v) is 8.01. The fraction of sp³-hybridized carbons (Fsp3) is 0.588. The normalized spacial score (nSPS) is 25.7. The third-order valence-electron chi connectivity index (χ3n) is 4.99. The molecule has 21 heavy (non-hydrogen) atoms. The number of hydrogen-bond donors (Lipinski definition) is 2. The van der Waals surface area contributed by atoms with Crippen LogP contribution in [0, 0.1) is 11.8 Å². The average Bonchev–Trinajstić information content (AvgIpc) is 2.67. The Kier molecular flexibility index (Phi) is 3.89. The van der Waals surface area contributed by atoms with Crippen LogP contribution in [-0.4, -0.2) is 19.0 Å². The van der Waals surface area contributed by atoms with Gasteiger partial charge in [0.25, 0.3) is 0 Å². The molecular weight excluding hydrogens is 262 g/mol. The number of anilines is 2. The van der Waals surface area contributed by atoms with E-state index >= 15 is 0 Å². The second kappa shape index (κ2) is 5.68. The molecule has 0 saturated carbocycles. The van der Waals surface area contributed by atoms with Crippen molar-refractivity contribution in [2.24, 2.45) is 17.6 Å². The smallest absolute Gasteiger partial charge is 0.245 e. The first-order chi connectivity index (χ1) is 10.1. The van der Waals surface area contributed by atoms with Crippen molar-refractivity contribution >= 4 is 17.3 Å². The monoisotopic (exact) mass is 287 g/mol. The lowest BCUT2D eigenvalue weighted by Crippen LogP contribution is -2.24. The number of amides is 1. The molecule has 0 aromatic heterocycles. The number of benzene rings is 1. The minimum absolute atomic E-state index is 0.0992. The van der Waals surface area contributed by atoms with Crippen LogP contribution in [0.1, 0.15) is 44.7 Å². The highest BCUT2D eigenvalue weighted by molar-refractivity contribution is 6.02. The zero-order valence-electron chi connectivity index (χ0n) is 12.9. The number of nitrogens with zero attached hydrogens (tertiary/aromatic N) is 1. The van der Waals surface area contributed by atoms with E-state index in [0.717, 1.165) is 36.2 Å². The first kappa shape index (κ1) is 14.4. The molecule has 4 heteroatoms. The Morgan fingerprint density at radius 1 is 1.29 bits per heavy atom. The minimum atomic E-state index is -0.511.